The highest BCUT2D eigenvalue weighted by atomic mass is 35.5. The predicted octanol–water partition coefficient (Wildman–Crippen LogP) is 2.99. The van der Waals surface area contributed by atoms with Gasteiger partial charge in [0.2, 0.25) is 10.0 Å². The zero-order chi connectivity index (χ0) is 23.0. The monoisotopic (exact) mass is 471 g/mol. The number of rotatable bonds is 8. The summed E-state index contributed by atoms with van der Waals surface area (Å²) >= 11 is 5.98. The Balaban J connectivity index is 1.49. The highest BCUT2D eigenvalue weighted by Crippen LogP contribution is 2.18. The molecule has 164 valence electrons. The first-order chi connectivity index (χ1) is 15.3. The third-order valence-corrected chi connectivity index (χ3v) is 5.81. The van der Waals surface area contributed by atoms with E-state index in [9.17, 15) is 18.0 Å². The number of carbonyl (C=O) groups excluding carboxylic acids is 2. The molecule has 0 bridgehead atoms. The van der Waals surface area contributed by atoms with Crippen LogP contribution in [0, 0.1) is 0 Å². The molecule has 8 nitrogen and oxygen atoms in total. The molecule has 1 amide bonds. The van der Waals surface area contributed by atoms with Crippen molar-refractivity contribution >= 4 is 39.7 Å². The number of ether oxygens (including phenoxy) is 1. The van der Waals surface area contributed by atoms with Crippen LogP contribution in [0.3, 0.4) is 0 Å². The van der Waals surface area contributed by atoms with Gasteiger partial charge in [0.25, 0.3) is 5.91 Å². The van der Waals surface area contributed by atoms with Crippen molar-refractivity contribution < 1.29 is 22.7 Å². The molecule has 0 heterocycles. The lowest BCUT2D eigenvalue weighted by molar-refractivity contribution is -0.119. The molecule has 3 aromatic rings. The molecule has 0 saturated heterocycles. The molecule has 3 aromatic carbocycles. The summed E-state index contributed by atoms with van der Waals surface area (Å²) in [6, 6.07) is 20.6. The number of benzene rings is 3. The molecular weight excluding hydrogens is 454 g/mol. The van der Waals surface area contributed by atoms with Crippen molar-refractivity contribution in [2.75, 3.05) is 6.54 Å². The van der Waals surface area contributed by atoms with Crippen LogP contribution in [0.5, 0.6) is 5.75 Å². The third kappa shape index (κ3) is 6.48. The lowest BCUT2D eigenvalue weighted by Gasteiger charge is -2.06. The Morgan fingerprint density at radius 1 is 0.938 bits per heavy atom. The highest BCUT2D eigenvalue weighted by Gasteiger charge is 2.14. The van der Waals surface area contributed by atoms with E-state index in [4.69, 9.17) is 16.3 Å². The van der Waals surface area contributed by atoms with Crippen LogP contribution in [-0.2, 0) is 14.8 Å². The molecule has 0 radical (unpaired) electrons. The molecule has 32 heavy (non-hydrogen) atoms. The summed E-state index contributed by atoms with van der Waals surface area (Å²) in [6.07, 6.45) is 1.36. The van der Waals surface area contributed by atoms with Gasteiger partial charge in [-0.25, -0.2) is 23.4 Å². The minimum Gasteiger partial charge on any atom is -0.423 e. The van der Waals surface area contributed by atoms with Crippen LogP contribution < -0.4 is 14.9 Å². The Labute approximate surface area is 189 Å². The summed E-state index contributed by atoms with van der Waals surface area (Å²) in [5, 5.41) is 4.07. The van der Waals surface area contributed by atoms with Crippen LogP contribution in [0.1, 0.15) is 15.9 Å². The molecule has 0 spiro atoms. The molecule has 3 rings (SSSR count). The van der Waals surface area contributed by atoms with Gasteiger partial charge in [-0.1, -0.05) is 41.9 Å². The Bertz CT molecular complexity index is 1230. The van der Waals surface area contributed by atoms with E-state index in [1.807, 2.05) is 0 Å². The van der Waals surface area contributed by atoms with E-state index in [1.54, 1.807) is 66.7 Å². The van der Waals surface area contributed by atoms with Crippen LogP contribution in [0.2, 0.25) is 5.02 Å². The number of halogens is 1. The summed E-state index contributed by atoms with van der Waals surface area (Å²) in [4.78, 5) is 24.1. The topological polar surface area (TPSA) is 114 Å². The maximum Gasteiger partial charge on any atom is 0.345 e. The first-order valence-electron chi connectivity index (χ1n) is 9.28. The van der Waals surface area contributed by atoms with E-state index in [2.05, 4.69) is 15.2 Å². The third-order valence-electron chi connectivity index (χ3n) is 4.06. The fourth-order valence-electron chi connectivity index (χ4n) is 2.47. The van der Waals surface area contributed by atoms with Crippen molar-refractivity contribution in [2.24, 2.45) is 5.10 Å². The molecule has 10 heteroatoms. The molecule has 0 aromatic heterocycles. The Morgan fingerprint density at radius 2 is 1.59 bits per heavy atom. The number of amides is 1. The standard InChI is InChI=1S/C22H18ClN3O5S/c23-20-9-5-4-8-19(20)22(28)31-17-12-10-16(11-13-17)14-24-26-21(27)15-25-32(29,30)18-6-2-1-3-7-18/h1-14,25H,15H2,(H,26,27). The fraction of sp³-hybridized carbons (Fsp3) is 0.0455. The zero-order valence-corrected chi connectivity index (χ0v) is 18.1. The Hall–Kier alpha value is -3.53. The quantitative estimate of drug-likeness (QED) is 0.227. The number of carbonyl (C=O) groups is 2. The molecule has 0 saturated carbocycles. The minimum absolute atomic E-state index is 0.0617. The predicted molar refractivity (Wildman–Crippen MR) is 120 cm³/mol. The van der Waals surface area contributed by atoms with E-state index in [-0.39, 0.29) is 10.5 Å². The minimum atomic E-state index is -3.78. The summed E-state index contributed by atoms with van der Waals surface area (Å²) < 4.78 is 31.6. The van der Waals surface area contributed by atoms with Crippen LogP contribution in [0.25, 0.3) is 0 Å². The number of hydrogen-bond donors (Lipinski definition) is 2. The number of nitrogens with one attached hydrogen (secondary N) is 2. The van der Waals surface area contributed by atoms with Crippen molar-refractivity contribution in [3.05, 3.63) is 95.0 Å². The first kappa shape index (κ1) is 23.1. The van der Waals surface area contributed by atoms with Crippen LogP contribution in [0.15, 0.2) is 88.9 Å². The zero-order valence-electron chi connectivity index (χ0n) is 16.6. The van der Waals surface area contributed by atoms with E-state index >= 15 is 0 Å². The van der Waals surface area contributed by atoms with Gasteiger partial charge >= 0.3 is 5.97 Å². The van der Waals surface area contributed by atoms with Gasteiger partial charge in [-0.05, 0) is 54.1 Å². The summed E-state index contributed by atoms with van der Waals surface area (Å²) in [5.41, 5.74) is 3.11. The Morgan fingerprint density at radius 3 is 2.28 bits per heavy atom. The van der Waals surface area contributed by atoms with Gasteiger partial charge in [-0.2, -0.15) is 5.10 Å². The molecule has 0 atom stereocenters. The number of esters is 1. The summed E-state index contributed by atoms with van der Waals surface area (Å²) in [7, 11) is -3.78. The van der Waals surface area contributed by atoms with E-state index < -0.39 is 28.4 Å². The SMILES string of the molecule is O=C(CNS(=O)(=O)c1ccccc1)NN=Cc1ccc(OC(=O)c2ccccc2Cl)cc1. The second-order valence-electron chi connectivity index (χ2n) is 6.37. The average molecular weight is 472 g/mol. The maximum atomic E-state index is 12.2. The summed E-state index contributed by atoms with van der Waals surface area (Å²) in [5.74, 6) is -0.903. The largest absolute Gasteiger partial charge is 0.423 e. The van der Waals surface area contributed by atoms with Gasteiger partial charge in [0.1, 0.15) is 5.75 Å². The maximum absolute atomic E-state index is 12.2. The van der Waals surface area contributed by atoms with E-state index in [1.165, 1.54) is 18.3 Å². The highest BCUT2D eigenvalue weighted by molar-refractivity contribution is 7.89. The average Bonchev–Trinajstić information content (AvgIpc) is 2.80. The fourth-order valence-corrected chi connectivity index (χ4v) is 3.69. The first-order valence-corrected chi connectivity index (χ1v) is 11.1. The molecule has 0 aliphatic carbocycles. The summed E-state index contributed by atoms with van der Waals surface area (Å²) in [6.45, 7) is -0.467. The van der Waals surface area contributed by atoms with Crippen molar-refractivity contribution in [3.8, 4) is 5.75 Å². The van der Waals surface area contributed by atoms with Gasteiger partial charge < -0.3 is 4.74 Å². The second kappa shape index (κ2) is 10.7. The van der Waals surface area contributed by atoms with E-state index in [0.29, 0.717) is 16.3 Å². The van der Waals surface area contributed by atoms with Crippen molar-refractivity contribution in [1.82, 2.24) is 10.1 Å². The van der Waals surface area contributed by atoms with E-state index in [0.717, 1.165) is 0 Å². The van der Waals surface area contributed by atoms with Crippen LogP contribution >= 0.6 is 11.6 Å². The number of hydrogen-bond acceptors (Lipinski definition) is 6. The van der Waals surface area contributed by atoms with Gasteiger partial charge in [-0.3, -0.25) is 4.79 Å². The second-order valence-corrected chi connectivity index (χ2v) is 8.54. The van der Waals surface area contributed by atoms with Crippen molar-refractivity contribution in [2.45, 2.75) is 4.90 Å². The number of nitrogens with zero attached hydrogens (tertiary/aromatic N) is 1. The smallest absolute Gasteiger partial charge is 0.345 e. The lowest BCUT2D eigenvalue weighted by Crippen LogP contribution is -2.34. The lowest BCUT2D eigenvalue weighted by atomic mass is 10.2. The van der Waals surface area contributed by atoms with Crippen LogP contribution in [0.4, 0.5) is 0 Å². The molecule has 0 aliphatic heterocycles. The number of hydrazone groups is 1. The molecule has 2 N–H and O–H groups in total. The van der Waals surface area contributed by atoms with Gasteiger partial charge in [0.15, 0.2) is 0 Å². The molecule has 0 unspecified atom stereocenters. The number of sulfonamides is 1. The van der Waals surface area contributed by atoms with Gasteiger partial charge in [0, 0.05) is 0 Å². The molecular formula is C22H18ClN3O5S. The van der Waals surface area contributed by atoms with Gasteiger partial charge in [0.05, 0.1) is 28.2 Å². The Kier molecular flexibility index (Phi) is 7.72. The van der Waals surface area contributed by atoms with Crippen molar-refractivity contribution in [1.29, 1.82) is 0 Å². The normalized spacial score (nSPS) is 11.3. The van der Waals surface area contributed by atoms with Crippen LogP contribution in [-0.4, -0.2) is 33.1 Å². The molecule has 0 fully saturated rings. The molecule has 0 aliphatic rings. The van der Waals surface area contributed by atoms with Gasteiger partial charge in [-0.15, -0.1) is 0 Å². The van der Waals surface area contributed by atoms with Crippen molar-refractivity contribution in [3.63, 3.8) is 0 Å².